The summed E-state index contributed by atoms with van der Waals surface area (Å²) in [6, 6.07) is 11.3. The average molecular weight is 300 g/mol. The molecule has 3 aromatic rings. The maximum Gasteiger partial charge on any atom is 0.389 e. The summed E-state index contributed by atoms with van der Waals surface area (Å²) in [6.07, 6.45) is 1.60. The fourth-order valence-corrected chi connectivity index (χ4v) is 2.28. The lowest BCUT2D eigenvalue weighted by molar-refractivity contribution is -0.389. The smallest absolute Gasteiger partial charge is 0.389 e. The molecular formula is C15H16N4O3. The van der Waals surface area contributed by atoms with Crippen LogP contribution in [0.1, 0.15) is 18.7 Å². The zero-order valence-electron chi connectivity index (χ0n) is 12.1. The molecule has 0 aliphatic carbocycles. The molecule has 22 heavy (non-hydrogen) atoms. The van der Waals surface area contributed by atoms with Crippen molar-refractivity contribution in [2.75, 3.05) is 6.54 Å². The van der Waals surface area contributed by atoms with E-state index in [1.165, 1.54) is 6.07 Å². The van der Waals surface area contributed by atoms with Crippen molar-refractivity contribution >= 4 is 16.8 Å². The van der Waals surface area contributed by atoms with E-state index in [-0.39, 0.29) is 11.9 Å². The highest BCUT2D eigenvalue weighted by atomic mass is 16.6. The van der Waals surface area contributed by atoms with E-state index in [0.717, 1.165) is 16.7 Å². The van der Waals surface area contributed by atoms with Crippen molar-refractivity contribution in [1.29, 1.82) is 0 Å². The van der Waals surface area contributed by atoms with Crippen LogP contribution in [-0.4, -0.2) is 21.2 Å². The molecule has 114 valence electrons. The van der Waals surface area contributed by atoms with Crippen LogP contribution < -0.4 is 5.32 Å². The topological polar surface area (TPSA) is 86.1 Å². The van der Waals surface area contributed by atoms with Crippen LogP contribution in [0.4, 0.5) is 5.82 Å². The minimum absolute atomic E-state index is 0.0537. The lowest BCUT2D eigenvalue weighted by Gasteiger charge is -2.10. The first-order valence-corrected chi connectivity index (χ1v) is 7.03. The number of para-hydroxylation sites is 1. The van der Waals surface area contributed by atoms with Gasteiger partial charge in [0.25, 0.3) is 0 Å². The van der Waals surface area contributed by atoms with Crippen molar-refractivity contribution in [3.05, 3.63) is 58.5 Å². The van der Waals surface area contributed by atoms with E-state index in [0.29, 0.717) is 13.1 Å². The maximum absolute atomic E-state index is 10.6. The molecule has 1 atom stereocenters. The summed E-state index contributed by atoms with van der Waals surface area (Å²) in [5, 5.41) is 18.8. The summed E-state index contributed by atoms with van der Waals surface area (Å²) in [7, 11) is 0. The van der Waals surface area contributed by atoms with Gasteiger partial charge in [0.15, 0.2) is 0 Å². The molecule has 0 amide bonds. The van der Waals surface area contributed by atoms with Gasteiger partial charge in [-0.25, -0.2) is 0 Å². The number of benzene rings is 1. The van der Waals surface area contributed by atoms with E-state index < -0.39 is 4.92 Å². The van der Waals surface area contributed by atoms with Gasteiger partial charge in [0.2, 0.25) is 0 Å². The molecule has 0 aliphatic heterocycles. The second-order valence-electron chi connectivity index (χ2n) is 5.06. The van der Waals surface area contributed by atoms with E-state index >= 15 is 0 Å². The van der Waals surface area contributed by atoms with Gasteiger partial charge >= 0.3 is 5.82 Å². The molecule has 1 unspecified atom stereocenters. The van der Waals surface area contributed by atoms with Gasteiger partial charge in [0.1, 0.15) is 11.3 Å². The van der Waals surface area contributed by atoms with Crippen LogP contribution in [0.5, 0.6) is 0 Å². The Morgan fingerprint density at radius 1 is 1.41 bits per heavy atom. The molecule has 0 saturated carbocycles. The van der Waals surface area contributed by atoms with E-state index in [1.807, 2.05) is 37.3 Å². The Labute approximate surface area is 126 Å². The second-order valence-corrected chi connectivity index (χ2v) is 5.06. The highest BCUT2D eigenvalue weighted by molar-refractivity contribution is 5.77. The molecule has 0 saturated heterocycles. The Hall–Kier alpha value is -2.67. The molecule has 0 radical (unpaired) electrons. The Kier molecular flexibility index (Phi) is 3.88. The number of aromatic nitrogens is 2. The van der Waals surface area contributed by atoms with Crippen LogP contribution in [0, 0.1) is 10.1 Å². The SMILES string of the molecule is CC(NCCn1ccc([N+](=O)[O-])n1)c1cc2ccccc2o1. The van der Waals surface area contributed by atoms with E-state index in [1.54, 1.807) is 10.9 Å². The minimum atomic E-state index is -0.499. The number of rotatable bonds is 6. The Balaban J connectivity index is 1.57. The van der Waals surface area contributed by atoms with Crippen LogP contribution in [0.3, 0.4) is 0 Å². The summed E-state index contributed by atoms with van der Waals surface area (Å²) >= 11 is 0. The lowest BCUT2D eigenvalue weighted by Crippen LogP contribution is -2.23. The summed E-state index contributed by atoms with van der Waals surface area (Å²) in [5.74, 6) is 0.734. The number of fused-ring (bicyclic) bond motifs is 1. The molecule has 0 aliphatic rings. The quantitative estimate of drug-likeness (QED) is 0.558. The van der Waals surface area contributed by atoms with Crippen molar-refractivity contribution in [2.45, 2.75) is 19.5 Å². The van der Waals surface area contributed by atoms with Crippen LogP contribution in [0.25, 0.3) is 11.0 Å². The summed E-state index contributed by atoms with van der Waals surface area (Å²) in [6.45, 7) is 3.21. The van der Waals surface area contributed by atoms with Crippen LogP contribution in [0.15, 0.2) is 47.0 Å². The number of nitrogens with one attached hydrogen (secondary N) is 1. The lowest BCUT2D eigenvalue weighted by atomic mass is 10.2. The average Bonchev–Trinajstić information content (AvgIpc) is 3.13. The molecule has 2 heterocycles. The molecule has 0 spiro atoms. The Bertz CT molecular complexity index is 760. The fraction of sp³-hybridized carbons (Fsp3) is 0.267. The fourth-order valence-electron chi connectivity index (χ4n) is 2.28. The predicted molar refractivity (Wildman–Crippen MR) is 81.5 cm³/mol. The van der Waals surface area contributed by atoms with Gasteiger partial charge in [-0.15, -0.1) is 0 Å². The van der Waals surface area contributed by atoms with Crippen molar-refractivity contribution in [1.82, 2.24) is 15.1 Å². The molecule has 1 aromatic carbocycles. The van der Waals surface area contributed by atoms with Gasteiger partial charge in [-0.05, 0) is 24.0 Å². The van der Waals surface area contributed by atoms with Crippen molar-refractivity contribution in [3.63, 3.8) is 0 Å². The molecule has 7 heteroatoms. The van der Waals surface area contributed by atoms with Gasteiger partial charge in [-0.3, -0.25) is 0 Å². The normalized spacial score (nSPS) is 12.6. The summed E-state index contributed by atoms with van der Waals surface area (Å²) < 4.78 is 7.35. The van der Waals surface area contributed by atoms with Gasteiger partial charge in [-0.2, -0.15) is 4.68 Å². The number of nitrogens with zero attached hydrogens (tertiary/aromatic N) is 3. The Morgan fingerprint density at radius 3 is 2.95 bits per heavy atom. The second kappa shape index (κ2) is 5.98. The van der Waals surface area contributed by atoms with Crippen molar-refractivity contribution in [3.8, 4) is 0 Å². The molecule has 3 rings (SSSR count). The monoisotopic (exact) mass is 300 g/mol. The predicted octanol–water partition coefficient (Wildman–Crippen LogP) is 2.89. The number of nitro groups is 1. The third-order valence-electron chi connectivity index (χ3n) is 3.48. The van der Waals surface area contributed by atoms with Crippen LogP contribution >= 0.6 is 0 Å². The van der Waals surface area contributed by atoms with Crippen molar-refractivity contribution in [2.24, 2.45) is 0 Å². The first-order valence-electron chi connectivity index (χ1n) is 7.03. The third-order valence-corrected chi connectivity index (χ3v) is 3.48. The van der Waals surface area contributed by atoms with Gasteiger partial charge in [0.05, 0.1) is 29.9 Å². The largest absolute Gasteiger partial charge is 0.459 e. The molecular weight excluding hydrogens is 284 g/mol. The van der Waals surface area contributed by atoms with Gasteiger partial charge in [-0.1, -0.05) is 18.2 Å². The maximum atomic E-state index is 10.6. The Morgan fingerprint density at radius 2 is 2.23 bits per heavy atom. The minimum Gasteiger partial charge on any atom is -0.459 e. The molecule has 7 nitrogen and oxygen atoms in total. The standard InChI is InChI=1S/C15H16N4O3/c1-11(14-10-12-4-2-3-5-13(12)22-14)16-7-9-18-8-6-15(17-18)19(20)21/h2-6,8,10-11,16H,7,9H2,1H3. The highest BCUT2D eigenvalue weighted by Gasteiger charge is 2.13. The first kappa shape index (κ1) is 14.3. The van der Waals surface area contributed by atoms with Crippen LogP contribution in [0.2, 0.25) is 0 Å². The van der Waals surface area contributed by atoms with E-state index in [2.05, 4.69) is 10.4 Å². The zero-order chi connectivity index (χ0) is 15.5. The molecule has 1 N–H and O–H groups in total. The number of furan rings is 1. The number of hydrogen-bond donors (Lipinski definition) is 1. The van der Waals surface area contributed by atoms with Crippen LogP contribution in [-0.2, 0) is 6.54 Å². The first-order chi connectivity index (χ1) is 10.6. The van der Waals surface area contributed by atoms with E-state index in [4.69, 9.17) is 4.42 Å². The van der Waals surface area contributed by atoms with Gasteiger partial charge < -0.3 is 19.8 Å². The van der Waals surface area contributed by atoms with Gasteiger partial charge in [0, 0.05) is 11.9 Å². The molecule has 0 fully saturated rings. The summed E-state index contributed by atoms with van der Waals surface area (Å²) in [5.41, 5.74) is 0.869. The summed E-state index contributed by atoms with van der Waals surface area (Å²) in [4.78, 5) is 10.1. The van der Waals surface area contributed by atoms with Crippen molar-refractivity contribution < 1.29 is 9.34 Å². The molecule has 0 bridgehead atoms. The molecule has 2 aromatic heterocycles. The third kappa shape index (κ3) is 2.99. The van der Waals surface area contributed by atoms with E-state index in [9.17, 15) is 10.1 Å². The highest BCUT2D eigenvalue weighted by Crippen LogP contribution is 2.23. The zero-order valence-corrected chi connectivity index (χ0v) is 12.1. The number of hydrogen-bond acceptors (Lipinski definition) is 5.